The number of carbonyl (C=O) groups excluding carboxylic acids is 1. The number of hydrogen-bond donors (Lipinski definition) is 2. The van der Waals surface area contributed by atoms with Gasteiger partial charge in [-0.25, -0.2) is 5.43 Å². The van der Waals surface area contributed by atoms with Crippen molar-refractivity contribution in [3.05, 3.63) is 53.6 Å². The van der Waals surface area contributed by atoms with E-state index in [9.17, 15) is 9.90 Å². The minimum atomic E-state index is -0.284. The summed E-state index contributed by atoms with van der Waals surface area (Å²) in [6.07, 6.45) is 3.91. The molecule has 0 saturated heterocycles. The van der Waals surface area contributed by atoms with Gasteiger partial charge in [0.1, 0.15) is 5.75 Å². The second kappa shape index (κ2) is 6.39. The van der Waals surface area contributed by atoms with Crippen molar-refractivity contribution in [3.63, 3.8) is 0 Å². The molecule has 0 heterocycles. The highest BCUT2D eigenvalue weighted by atomic mass is 16.3. The molecule has 4 nitrogen and oxygen atoms in total. The van der Waals surface area contributed by atoms with E-state index in [1.54, 1.807) is 12.1 Å². The van der Waals surface area contributed by atoms with Crippen LogP contribution in [0.2, 0.25) is 0 Å². The van der Waals surface area contributed by atoms with Crippen molar-refractivity contribution in [1.29, 1.82) is 0 Å². The Bertz CT molecular complexity index is 612. The maximum absolute atomic E-state index is 12.0. The fourth-order valence-electron chi connectivity index (χ4n) is 2.22. The smallest absolute Gasteiger partial charge is 0.271 e. The zero-order valence-electron chi connectivity index (χ0n) is 12.4. The lowest BCUT2D eigenvalue weighted by Gasteiger charge is -2.22. The molecule has 0 unspecified atom stereocenters. The van der Waals surface area contributed by atoms with Crippen LogP contribution in [-0.4, -0.2) is 16.7 Å². The number of nitrogens with one attached hydrogen (secondary N) is 1. The summed E-state index contributed by atoms with van der Waals surface area (Å²) in [5.74, 6) is 0.235. The van der Waals surface area contributed by atoms with E-state index in [-0.39, 0.29) is 11.7 Å². The Hall–Kier alpha value is -2.36. The van der Waals surface area contributed by atoms with E-state index in [4.69, 9.17) is 0 Å². The lowest BCUT2D eigenvalue weighted by Crippen LogP contribution is -2.23. The lowest BCUT2D eigenvalue weighted by molar-refractivity contribution is 0.0954. The van der Waals surface area contributed by atoms with Crippen LogP contribution in [0.15, 0.2) is 53.2 Å². The number of aromatic hydroxyl groups is 1. The molecule has 1 aromatic carbocycles. The monoisotopic (exact) mass is 284 g/mol. The molecule has 0 aromatic heterocycles. The van der Waals surface area contributed by atoms with E-state index in [2.05, 4.69) is 23.2 Å². The van der Waals surface area contributed by atoms with Gasteiger partial charge in [0.2, 0.25) is 0 Å². The first-order valence-electron chi connectivity index (χ1n) is 6.96. The standard InChI is InChI=1S/C17H20N2O2/c1-11(2)14-5-4-12(3)16(10-14)18-19-17(21)13-6-8-15(20)9-7-13/h4,6-9,14,20H,1,5,10H2,2-3H3,(H,19,21)/b18-16-/t14-/m1/s1. The van der Waals surface area contributed by atoms with Crippen molar-refractivity contribution in [1.82, 2.24) is 5.43 Å². The number of amides is 1. The summed E-state index contributed by atoms with van der Waals surface area (Å²) in [6.45, 7) is 8.01. The minimum Gasteiger partial charge on any atom is -0.508 e. The predicted octanol–water partition coefficient (Wildman–Crippen LogP) is 3.41. The van der Waals surface area contributed by atoms with E-state index < -0.39 is 0 Å². The van der Waals surface area contributed by atoms with E-state index in [1.165, 1.54) is 12.1 Å². The van der Waals surface area contributed by atoms with Gasteiger partial charge in [0.15, 0.2) is 0 Å². The van der Waals surface area contributed by atoms with Crippen LogP contribution in [0, 0.1) is 5.92 Å². The topological polar surface area (TPSA) is 61.7 Å². The Kier molecular flexibility index (Phi) is 4.58. The number of rotatable bonds is 3. The quantitative estimate of drug-likeness (QED) is 0.660. The molecule has 1 aliphatic rings. The van der Waals surface area contributed by atoms with Gasteiger partial charge in [0, 0.05) is 5.56 Å². The molecule has 0 saturated carbocycles. The molecule has 21 heavy (non-hydrogen) atoms. The van der Waals surface area contributed by atoms with Gasteiger partial charge in [-0.1, -0.05) is 18.2 Å². The summed E-state index contributed by atoms with van der Waals surface area (Å²) >= 11 is 0. The molecule has 0 radical (unpaired) electrons. The highest BCUT2D eigenvalue weighted by Crippen LogP contribution is 2.26. The second-order valence-electron chi connectivity index (χ2n) is 5.42. The maximum atomic E-state index is 12.0. The number of allylic oxidation sites excluding steroid dienone is 3. The first-order valence-corrected chi connectivity index (χ1v) is 6.96. The van der Waals surface area contributed by atoms with E-state index in [0.717, 1.165) is 29.7 Å². The third-order valence-corrected chi connectivity index (χ3v) is 3.72. The number of benzene rings is 1. The number of hydrazone groups is 1. The van der Waals surface area contributed by atoms with E-state index in [1.807, 2.05) is 13.8 Å². The van der Waals surface area contributed by atoms with Gasteiger partial charge in [0.05, 0.1) is 5.71 Å². The summed E-state index contributed by atoms with van der Waals surface area (Å²) < 4.78 is 0. The highest BCUT2D eigenvalue weighted by molar-refractivity contribution is 6.02. The van der Waals surface area contributed by atoms with Gasteiger partial charge in [-0.2, -0.15) is 5.10 Å². The lowest BCUT2D eigenvalue weighted by atomic mass is 9.85. The summed E-state index contributed by atoms with van der Waals surface area (Å²) in [7, 11) is 0. The molecule has 1 aliphatic carbocycles. The van der Waals surface area contributed by atoms with Crippen molar-refractivity contribution >= 4 is 11.6 Å². The van der Waals surface area contributed by atoms with Crippen LogP contribution in [0.1, 0.15) is 37.0 Å². The van der Waals surface area contributed by atoms with E-state index >= 15 is 0 Å². The van der Waals surface area contributed by atoms with Crippen LogP contribution in [0.4, 0.5) is 0 Å². The number of phenolic OH excluding ortho intramolecular Hbond substituents is 1. The fourth-order valence-corrected chi connectivity index (χ4v) is 2.22. The maximum Gasteiger partial charge on any atom is 0.271 e. The van der Waals surface area contributed by atoms with Crippen LogP contribution in [-0.2, 0) is 0 Å². The van der Waals surface area contributed by atoms with Gasteiger partial charge in [-0.3, -0.25) is 4.79 Å². The summed E-state index contributed by atoms with van der Waals surface area (Å²) in [4.78, 5) is 12.0. The van der Waals surface area contributed by atoms with Crippen molar-refractivity contribution in [3.8, 4) is 5.75 Å². The molecule has 4 heteroatoms. The third-order valence-electron chi connectivity index (χ3n) is 3.72. The number of hydrogen-bond acceptors (Lipinski definition) is 3. The molecular formula is C17H20N2O2. The predicted molar refractivity (Wildman–Crippen MR) is 84.3 cm³/mol. The van der Waals surface area contributed by atoms with E-state index in [0.29, 0.717) is 11.5 Å². The molecule has 2 N–H and O–H groups in total. The zero-order chi connectivity index (χ0) is 15.4. The SMILES string of the molecule is C=C(C)[C@@H]1CC=C(C)/C(=N\NC(=O)c2ccc(O)cc2)C1. The van der Waals surface area contributed by atoms with Gasteiger partial charge in [0.25, 0.3) is 5.91 Å². The Morgan fingerprint density at radius 3 is 2.67 bits per heavy atom. The first-order chi connectivity index (χ1) is 9.97. The normalized spacial score (nSPS) is 20.0. The van der Waals surface area contributed by atoms with Gasteiger partial charge in [-0.15, -0.1) is 0 Å². The molecule has 2 rings (SSSR count). The largest absolute Gasteiger partial charge is 0.508 e. The summed E-state index contributed by atoms with van der Waals surface area (Å²) in [5.41, 5.74) is 6.16. The van der Waals surface area contributed by atoms with Gasteiger partial charge < -0.3 is 5.11 Å². The molecular weight excluding hydrogens is 264 g/mol. The number of nitrogens with zero attached hydrogens (tertiary/aromatic N) is 1. The Balaban J connectivity index is 2.07. The van der Waals surface area contributed by atoms with Crippen molar-refractivity contribution < 1.29 is 9.90 Å². The number of phenols is 1. The van der Waals surface area contributed by atoms with Crippen molar-refractivity contribution in [2.24, 2.45) is 11.0 Å². The number of carbonyl (C=O) groups is 1. The average molecular weight is 284 g/mol. The molecule has 0 aliphatic heterocycles. The van der Waals surface area contributed by atoms with Crippen LogP contribution < -0.4 is 5.43 Å². The minimum absolute atomic E-state index is 0.133. The molecule has 110 valence electrons. The second-order valence-corrected chi connectivity index (χ2v) is 5.42. The molecule has 1 atom stereocenters. The molecule has 1 aromatic rings. The molecule has 0 bridgehead atoms. The fraction of sp³-hybridized carbons (Fsp3) is 0.294. The molecule has 1 amide bonds. The Morgan fingerprint density at radius 1 is 1.38 bits per heavy atom. The van der Waals surface area contributed by atoms with Crippen LogP contribution in [0.25, 0.3) is 0 Å². The summed E-state index contributed by atoms with van der Waals surface area (Å²) in [5, 5.41) is 13.5. The first kappa shape index (κ1) is 15.0. The van der Waals surface area contributed by atoms with Crippen LogP contribution in [0.5, 0.6) is 5.75 Å². The van der Waals surface area contributed by atoms with Gasteiger partial charge in [-0.05, 0) is 62.4 Å². The Labute approximate surface area is 124 Å². The highest BCUT2D eigenvalue weighted by Gasteiger charge is 2.18. The van der Waals surface area contributed by atoms with Crippen molar-refractivity contribution in [2.45, 2.75) is 26.7 Å². The summed E-state index contributed by atoms with van der Waals surface area (Å²) in [6, 6.07) is 6.08. The Morgan fingerprint density at radius 2 is 2.05 bits per heavy atom. The van der Waals surface area contributed by atoms with Crippen LogP contribution in [0.3, 0.4) is 0 Å². The van der Waals surface area contributed by atoms with Gasteiger partial charge >= 0.3 is 0 Å². The third kappa shape index (κ3) is 3.81. The van der Waals surface area contributed by atoms with Crippen LogP contribution >= 0.6 is 0 Å². The zero-order valence-corrected chi connectivity index (χ0v) is 12.4. The molecule has 0 fully saturated rings. The van der Waals surface area contributed by atoms with Crippen molar-refractivity contribution in [2.75, 3.05) is 0 Å². The molecule has 0 spiro atoms. The average Bonchev–Trinajstić information content (AvgIpc) is 2.46.